The van der Waals surface area contributed by atoms with E-state index < -0.39 is 0 Å². The number of methoxy groups -OCH3 is 3. The Labute approximate surface area is 177 Å². The molecule has 1 aromatic carbocycles. The van der Waals surface area contributed by atoms with Crippen molar-refractivity contribution in [1.29, 1.82) is 0 Å². The molecule has 1 aromatic rings. The minimum Gasteiger partial charge on any atom is -0.493 e. The largest absolute Gasteiger partial charge is 0.493 e. The van der Waals surface area contributed by atoms with Crippen molar-refractivity contribution in [1.82, 2.24) is 5.32 Å². The van der Waals surface area contributed by atoms with E-state index in [2.05, 4.69) is 5.32 Å². The second kappa shape index (κ2) is 8.36. The quantitative estimate of drug-likeness (QED) is 0.655. The fourth-order valence-corrected chi connectivity index (χ4v) is 6.13. The van der Waals surface area contributed by atoms with Gasteiger partial charge in [-0.1, -0.05) is 0 Å². The molecule has 4 fully saturated rings. The number of hydrogen-bond acceptors (Lipinski definition) is 6. The summed E-state index contributed by atoms with van der Waals surface area (Å²) in [4.78, 5) is 25.2. The molecule has 4 aliphatic carbocycles. The van der Waals surface area contributed by atoms with E-state index in [1.165, 1.54) is 19.3 Å². The molecular weight excluding hydrogens is 386 g/mol. The number of amides is 1. The average Bonchev–Trinajstić information content (AvgIpc) is 2.74. The maximum absolute atomic E-state index is 12.9. The Hall–Kier alpha value is -2.44. The van der Waals surface area contributed by atoms with Crippen molar-refractivity contribution in [2.45, 2.75) is 45.1 Å². The maximum atomic E-state index is 12.9. The minimum atomic E-state index is -0.342. The van der Waals surface area contributed by atoms with Gasteiger partial charge in [0.1, 0.15) is 0 Å². The summed E-state index contributed by atoms with van der Waals surface area (Å²) in [6.07, 6.45) is 6.60. The fraction of sp³-hybridized carbons (Fsp3) is 0.652. The Bertz CT molecular complexity index is 760. The summed E-state index contributed by atoms with van der Waals surface area (Å²) < 4.78 is 21.5. The highest BCUT2D eigenvalue weighted by atomic mass is 16.5. The Morgan fingerprint density at radius 1 is 0.933 bits per heavy atom. The first-order valence-electron chi connectivity index (χ1n) is 10.7. The second-order valence-corrected chi connectivity index (χ2v) is 9.08. The van der Waals surface area contributed by atoms with Crippen LogP contribution in [0.15, 0.2) is 12.1 Å². The van der Waals surface area contributed by atoms with Crippen LogP contribution in [0.1, 0.15) is 44.1 Å². The van der Waals surface area contributed by atoms with Crippen molar-refractivity contribution in [3.05, 3.63) is 17.7 Å². The number of benzene rings is 1. The minimum absolute atomic E-state index is 0.176. The van der Waals surface area contributed by atoms with Crippen molar-refractivity contribution in [2.24, 2.45) is 23.2 Å². The van der Waals surface area contributed by atoms with E-state index in [0.29, 0.717) is 35.0 Å². The summed E-state index contributed by atoms with van der Waals surface area (Å²) in [6.45, 7) is 0.0233. The molecule has 1 N–H and O–H groups in total. The summed E-state index contributed by atoms with van der Waals surface area (Å²) in [6, 6.07) is 3.56. The van der Waals surface area contributed by atoms with Gasteiger partial charge in [0.05, 0.1) is 26.7 Å². The van der Waals surface area contributed by atoms with Gasteiger partial charge in [-0.3, -0.25) is 9.59 Å². The number of carbonyl (C=O) groups excluding carboxylic acids is 2. The van der Waals surface area contributed by atoms with Gasteiger partial charge in [0.25, 0.3) is 5.91 Å². The highest BCUT2D eigenvalue weighted by molar-refractivity contribution is 5.83. The molecule has 7 heteroatoms. The first kappa shape index (κ1) is 20.8. The predicted molar refractivity (Wildman–Crippen MR) is 110 cm³/mol. The number of nitrogens with one attached hydrogen (secondary N) is 1. The van der Waals surface area contributed by atoms with Crippen LogP contribution in [0.4, 0.5) is 0 Å². The third-order valence-corrected chi connectivity index (χ3v) is 7.02. The van der Waals surface area contributed by atoms with Gasteiger partial charge in [0.15, 0.2) is 18.1 Å². The van der Waals surface area contributed by atoms with Gasteiger partial charge in [-0.05, 0) is 74.0 Å². The van der Waals surface area contributed by atoms with Crippen LogP contribution in [0.25, 0.3) is 0 Å². The van der Waals surface area contributed by atoms with Gasteiger partial charge >= 0.3 is 5.97 Å². The van der Waals surface area contributed by atoms with Crippen molar-refractivity contribution in [3.63, 3.8) is 0 Å². The lowest BCUT2D eigenvalue weighted by Crippen LogP contribution is -2.51. The predicted octanol–water partition coefficient (Wildman–Crippen LogP) is 3.09. The summed E-state index contributed by atoms with van der Waals surface area (Å²) in [5.41, 5.74) is 0.455. The molecule has 4 saturated carbocycles. The third-order valence-electron chi connectivity index (χ3n) is 7.02. The number of ether oxygens (including phenoxy) is 4. The van der Waals surface area contributed by atoms with Crippen molar-refractivity contribution >= 4 is 11.9 Å². The highest BCUT2D eigenvalue weighted by Gasteiger charge is 2.55. The zero-order valence-corrected chi connectivity index (χ0v) is 18.0. The molecule has 0 saturated heterocycles. The van der Waals surface area contributed by atoms with Crippen LogP contribution in [-0.4, -0.2) is 39.8 Å². The SMILES string of the molecule is COc1cc(CNC(=O)COC(=O)C23CC4CC(CC(C4)C2)C3)cc(OC)c1OC. The molecule has 0 aliphatic heterocycles. The monoisotopic (exact) mass is 417 g/mol. The topological polar surface area (TPSA) is 83.1 Å². The fourth-order valence-electron chi connectivity index (χ4n) is 6.13. The second-order valence-electron chi connectivity index (χ2n) is 9.08. The summed E-state index contributed by atoms with van der Waals surface area (Å²) in [7, 11) is 4.63. The number of rotatable bonds is 8. The van der Waals surface area contributed by atoms with Crippen LogP contribution in [0.3, 0.4) is 0 Å². The molecule has 4 aliphatic rings. The molecule has 0 radical (unpaired) electrons. The number of esters is 1. The summed E-state index contributed by atoms with van der Waals surface area (Å²) >= 11 is 0. The zero-order chi connectivity index (χ0) is 21.3. The van der Waals surface area contributed by atoms with Crippen LogP contribution in [0.2, 0.25) is 0 Å². The molecule has 164 valence electrons. The number of hydrogen-bond donors (Lipinski definition) is 1. The molecule has 4 bridgehead atoms. The van der Waals surface area contributed by atoms with Gasteiger partial charge in [-0.2, -0.15) is 0 Å². The first-order chi connectivity index (χ1) is 14.5. The maximum Gasteiger partial charge on any atom is 0.312 e. The lowest BCUT2D eigenvalue weighted by Gasteiger charge is -2.55. The molecular formula is C23H31NO6. The van der Waals surface area contributed by atoms with Crippen LogP contribution in [0, 0.1) is 23.2 Å². The van der Waals surface area contributed by atoms with E-state index in [0.717, 1.165) is 24.8 Å². The summed E-state index contributed by atoms with van der Waals surface area (Å²) in [5, 5.41) is 2.80. The summed E-state index contributed by atoms with van der Waals surface area (Å²) in [5.74, 6) is 3.04. The Kier molecular flexibility index (Phi) is 5.80. The molecule has 7 nitrogen and oxygen atoms in total. The van der Waals surface area contributed by atoms with Crippen molar-refractivity contribution in [3.8, 4) is 17.2 Å². The lowest BCUT2D eigenvalue weighted by molar-refractivity contribution is -0.173. The molecule has 0 unspecified atom stereocenters. The molecule has 30 heavy (non-hydrogen) atoms. The van der Waals surface area contributed by atoms with Gasteiger partial charge in [-0.15, -0.1) is 0 Å². The van der Waals surface area contributed by atoms with Crippen LogP contribution < -0.4 is 19.5 Å². The van der Waals surface area contributed by atoms with Crippen LogP contribution >= 0.6 is 0 Å². The lowest BCUT2D eigenvalue weighted by atomic mass is 9.49. The Morgan fingerprint density at radius 2 is 1.47 bits per heavy atom. The molecule has 0 aromatic heterocycles. The molecule has 0 heterocycles. The van der Waals surface area contributed by atoms with Crippen LogP contribution in [0.5, 0.6) is 17.2 Å². The van der Waals surface area contributed by atoms with Crippen molar-refractivity contribution in [2.75, 3.05) is 27.9 Å². The van der Waals surface area contributed by atoms with Gasteiger partial charge < -0.3 is 24.3 Å². The smallest absolute Gasteiger partial charge is 0.312 e. The molecule has 0 atom stereocenters. The van der Waals surface area contributed by atoms with Crippen molar-refractivity contribution < 1.29 is 28.5 Å². The van der Waals surface area contributed by atoms with E-state index in [1.54, 1.807) is 33.5 Å². The Balaban J connectivity index is 1.31. The van der Waals surface area contributed by atoms with E-state index in [9.17, 15) is 9.59 Å². The van der Waals surface area contributed by atoms with E-state index in [-0.39, 0.29) is 30.4 Å². The first-order valence-corrected chi connectivity index (χ1v) is 10.7. The third kappa shape index (κ3) is 3.94. The van der Waals surface area contributed by atoms with Gasteiger partial charge in [0.2, 0.25) is 5.75 Å². The van der Waals surface area contributed by atoms with Gasteiger partial charge in [0, 0.05) is 6.54 Å². The molecule has 1 amide bonds. The van der Waals surface area contributed by atoms with Crippen LogP contribution in [-0.2, 0) is 20.9 Å². The van der Waals surface area contributed by atoms with E-state index in [4.69, 9.17) is 18.9 Å². The molecule has 0 spiro atoms. The number of carbonyl (C=O) groups is 2. The highest BCUT2D eigenvalue weighted by Crippen LogP contribution is 2.60. The van der Waals surface area contributed by atoms with Gasteiger partial charge in [-0.25, -0.2) is 0 Å². The normalized spacial score (nSPS) is 28.7. The zero-order valence-electron chi connectivity index (χ0n) is 18.0. The average molecular weight is 418 g/mol. The standard InChI is InChI=1S/C23H31NO6/c1-27-18-7-17(8-19(28-2)21(18)29-3)12-24-20(25)13-30-22(26)23-9-14-4-15(10-23)6-16(5-14)11-23/h7-8,14-16H,4-6,9-13H2,1-3H3,(H,24,25). The van der Waals surface area contributed by atoms with E-state index in [1.807, 2.05) is 0 Å². The Morgan fingerprint density at radius 3 is 1.93 bits per heavy atom. The van der Waals surface area contributed by atoms with E-state index >= 15 is 0 Å². The molecule has 5 rings (SSSR count).